The molecule has 0 saturated carbocycles. The Kier molecular flexibility index (Phi) is 4.04. The SMILES string of the molecule is N=C(N)CCC(N)=NBr. The highest BCUT2D eigenvalue weighted by molar-refractivity contribution is 9.08. The average molecular weight is 193 g/mol. The fraction of sp³-hybridized carbons (Fsp3) is 0.500. The van der Waals surface area contributed by atoms with E-state index in [9.17, 15) is 0 Å². The highest BCUT2D eigenvalue weighted by Gasteiger charge is 1.92. The zero-order valence-corrected chi connectivity index (χ0v) is 6.48. The van der Waals surface area contributed by atoms with Gasteiger partial charge in [0, 0.05) is 12.8 Å². The quantitative estimate of drug-likeness (QED) is 0.446. The van der Waals surface area contributed by atoms with E-state index in [1.54, 1.807) is 0 Å². The number of nitrogens with two attached hydrogens (primary N) is 2. The van der Waals surface area contributed by atoms with Crippen molar-refractivity contribution in [1.29, 1.82) is 5.41 Å². The Hall–Kier alpha value is -0.580. The molecule has 0 amide bonds. The van der Waals surface area contributed by atoms with E-state index >= 15 is 0 Å². The van der Waals surface area contributed by atoms with Crippen molar-refractivity contribution in [3.63, 3.8) is 0 Å². The van der Waals surface area contributed by atoms with Crippen LogP contribution in [0.1, 0.15) is 12.8 Å². The minimum atomic E-state index is 0.133. The van der Waals surface area contributed by atoms with Gasteiger partial charge in [-0.15, -0.1) is 0 Å². The molecule has 4 nitrogen and oxygen atoms in total. The van der Waals surface area contributed by atoms with E-state index in [0.29, 0.717) is 18.7 Å². The minimum Gasteiger partial charge on any atom is -0.388 e. The van der Waals surface area contributed by atoms with Crippen LogP contribution in [0.5, 0.6) is 0 Å². The molecule has 9 heavy (non-hydrogen) atoms. The predicted molar refractivity (Wildman–Crippen MR) is 41.7 cm³/mol. The number of halogens is 1. The van der Waals surface area contributed by atoms with Crippen LogP contribution < -0.4 is 11.5 Å². The zero-order chi connectivity index (χ0) is 7.28. The Balaban J connectivity index is 3.39. The monoisotopic (exact) mass is 192 g/mol. The summed E-state index contributed by atoms with van der Waals surface area (Å²) in [5.41, 5.74) is 10.3. The summed E-state index contributed by atoms with van der Waals surface area (Å²) in [6.45, 7) is 0. The number of rotatable bonds is 3. The third-order valence-corrected chi connectivity index (χ3v) is 1.21. The summed E-state index contributed by atoms with van der Waals surface area (Å²) in [6.07, 6.45) is 1.02. The van der Waals surface area contributed by atoms with E-state index < -0.39 is 0 Å². The smallest absolute Gasteiger partial charge is 0.108 e. The molecule has 0 atom stereocenters. The largest absolute Gasteiger partial charge is 0.388 e. The highest BCUT2D eigenvalue weighted by Crippen LogP contribution is 1.90. The van der Waals surface area contributed by atoms with Crippen LogP contribution in [0, 0.1) is 5.41 Å². The van der Waals surface area contributed by atoms with Gasteiger partial charge in [0.2, 0.25) is 0 Å². The minimum absolute atomic E-state index is 0.133. The third-order valence-electron chi connectivity index (χ3n) is 0.759. The van der Waals surface area contributed by atoms with Gasteiger partial charge < -0.3 is 11.5 Å². The molecule has 0 rings (SSSR count). The first-order valence-electron chi connectivity index (χ1n) is 2.43. The van der Waals surface area contributed by atoms with Crippen molar-refractivity contribution in [2.45, 2.75) is 12.8 Å². The van der Waals surface area contributed by atoms with Crippen molar-refractivity contribution in [1.82, 2.24) is 0 Å². The van der Waals surface area contributed by atoms with Crippen LogP contribution in [0.2, 0.25) is 0 Å². The highest BCUT2D eigenvalue weighted by atomic mass is 79.9. The van der Waals surface area contributed by atoms with E-state index in [1.165, 1.54) is 0 Å². The molecule has 0 bridgehead atoms. The number of nitrogens with zero attached hydrogens (tertiary/aromatic N) is 1. The van der Waals surface area contributed by atoms with E-state index in [1.807, 2.05) is 0 Å². The lowest BCUT2D eigenvalue weighted by molar-refractivity contribution is 1.10. The van der Waals surface area contributed by atoms with Crippen molar-refractivity contribution in [3.05, 3.63) is 0 Å². The summed E-state index contributed by atoms with van der Waals surface area (Å²) in [4.78, 5) is 0. The molecule has 5 heteroatoms. The van der Waals surface area contributed by atoms with Crippen LogP contribution in [-0.4, -0.2) is 11.7 Å². The van der Waals surface area contributed by atoms with Crippen molar-refractivity contribution in [2.24, 2.45) is 15.5 Å². The third kappa shape index (κ3) is 5.29. The topological polar surface area (TPSA) is 88.2 Å². The average Bonchev–Trinajstić information content (AvgIpc) is 1.83. The maximum absolute atomic E-state index is 6.81. The number of hydrogen-bond donors (Lipinski definition) is 3. The van der Waals surface area contributed by atoms with Crippen LogP contribution in [0.15, 0.2) is 4.02 Å². The Labute approximate surface area is 62.2 Å². The molecular formula is C4H9BrN4. The van der Waals surface area contributed by atoms with Gasteiger partial charge in [-0.3, -0.25) is 5.41 Å². The van der Waals surface area contributed by atoms with Crippen LogP contribution in [0.3, 0.4) is 0 Å². The summed E-state index contributed by atoms with van der Waals surface area (Å²) in [5.74, 6) is 0.597. The predicted octanol–water partition coefficient (Wildman–Crippen LogP) is 0.370. The van der Waals surface area contributed by atoms with E-state index in [4.69, 9.17) is 16.9 Å². The van der Waals surface area contributed by atoms with Gasteiger partial charge in [-0.2, -0.15) is 4.02 Å². The fourth-order valence-corrected chi connectivity index (χ4v) is 0.482. The molecule has 52 valence electrons. The molecule has 0 fully saturated rings. The lowest BCUT2D eigenvalue weighted by Crippen LogP contribution is -2.16. The van der Waals surface area contributed by atoms with Crippen LogP contribution in [-0.2, 0) is 0 Å². The van der Waals surface area contributed by atoms with Gasteiger partial charge in [-0.25, -0.2) is 0 Å². The number of amidine groups is 2. The summed E-state index contributed by atoms with van der Waals surface area (Å²) >= 11 is 2.82. The lowest BCUT2D eigenvalue weighted by atomic mass is 10.3. The first kappa shape index (κ1) is 8.42. The molecule has 0 radical (unpaired) electrons. The van der Waals surface area contributed by atoms with Crippen LogP contribution >= 0.6 is 16.1 Å². The second-order valence-corrected chi connectivity index (χ2v) is 1.96. The van der Waals surface area contributed by atoms with Crippen molar-refractivity contribution < 1.29 is 0 Å². The van der Waals surface area contributed by atoms with Crippen molar-refractivity contribution >= 4 is 27.8 Å². The Bertz CT molecular complexity index is 131. The van der Waals surface area contributed by atoms with Crippen LogP contribution in [0.4, 0.5) is 0 Å². The summed E-state index contributed by atoms with van der Waals surface area (Å²) in [6, 6.07) is 0. The normalized spacial score (nSPS) is 11.4. The molecule has 0 aliphatic heterocycles. The molecule has 0 spiro atoms. The first-order valence-corrected chi connectivity index (χ1v) is 3.14. The van der Waals surface area contributed by atoms with E-state index in [-0.39, 0.29) is 5.84 Å². The Morgan fingerprint density at radius 2 is 2.00 bits per heavy atom. The molecule has 0 aliphatic carbocycles. The molecule has 5 N–H and O–H groups in total. The van der Waals surface area contributed by atoms with Gasteiger partial charge in [0.05, 0.1) is 22.0 Å². The van der Waals surface area contributed by atoms with Gasteiger partial charge in [-0.05, 0) is 0 Å². The molecule has 0 heterocycles. The molecule has 0 aromatic heterocycles. The molecule has 0 unspecified atom stereocenters. The van der Waals surface area contributed by atoms with E-state index in [0.717, 1.165) is 0 Å². The van der Waals surface area contributed by atoms with Gasteiger partial charge >= 0.3 is 0 Å². The first-order chi connectivity index (χ1) is 4.16. The summed E-state index contributed by atoms with van der Waals surface area (Å²) < 4.78 is 3.52. The summed E-state index contributed by atoms with van der Waals surface area (Å²) in [5, 5.41) is 6.81. The van der Waals surface area contributed by atoms with E-state index in [2.05, 4.69) is 20.2 Å². The number of nitrogens with one attached hydrogen (secondary N) is 1. The molecule has 0 aromatic rings. The zero-order valence-electron chi connectivity index (χ0n) is 4.89. The summed E-state index contributed by atoms with van der Waals surface area (Å²) in [7, 11) is 0. The maximum atomic E-state index is 6.81. The maximum Gasteiger partial charge on any atom is 0.108 e. The standard InChI is InChI=1S/C4H9BrN4/c5-9-4(8)2-1-3(6)7/h1-2H2,(H3,6,7)(H2,8,9). The van der Waals surface area contributed by atoms with Gasteiger partial charge in [0.25, 0.3) is 0 Å². The fourth-order valence-electron chi connectivity index (χ4n) is 0.305. The second kappa shape index (κ2) is 4.31. The molecule has 0 saturated heterocycles. The Morgan fingerprint density at radius 3 is 2.33 bits per heavy atom. The van der Waals surface area contributed by atoms with Gasteiger partial charge in [0.15, 0.2) is 0 Å². The van der Waals surface area contributed by atoms with Crippen LogP contribution in [0.25, 0.3) is 0 Å². The molecular weight excluding hydrogens is 184 g/mol. The van der Waals surface area contributed by atoms with Gasteiger partial charge in [-0.1, -0.05) is 0 Å². The van der Waals surface area contributed by atoms with Crippen molar-refractivity contribution in [2.75, 3.05) is 0 Å². The lowest BCUT2D eigenvalue weighted by Gasteiger charge is -1.94. The second-order valence-electron chi connectivity index (χ2n) is 1.60. The van der Waals surface area contributed by atoms with Crippen molar-refractivity contribution in [3.8, 4) is 0 Å². The van der Waals surface area contributed by atoms with Gasteiger partial charge in [0.1, 0.15) is 5.84 Å². The molecule has 0 aliphatic rings. The Morgan fingerprint density at radius 1 is 1.44 bits per heavy atom. The molecule has 0 aromatic carbocycles. The number of hydrogen-bond acceptors (Lipinski definition) is 2.